The third kappa shape index (κ3) is 4.00. The van der Waals surface area contributed by atoms with Gasteiger partial charge >= 0.3 is 0 Å². The smallest absolute Gasteiger partial charge is 0.139 e. The molecular weight excluding hydrogens is 296 g/mol. The van der Waals surface area contributed by atoms with Crippen molar-refractivity contribution >= 4 is 0 Å². The molecule has 2 rings (SSSR count). The first-order valence-corrected chi connectivity index (χ1v) is 8.38. The summed E-state index contributed by atoms with van der Waals surface area (Å²) < 4.78 is 12.2. The van der Waals surface area contributed by atoms with Gasteiger partial charge in [-0.3, -0.25) is 0 Å². The molecular formula is C22H28O2. The molecule has 2 aromatic rings. The van der Waals surface area contributed by atoms with E-state index in [9.17, 15) is 0 Å². The van der Waals surface area contributed by atoms with Crippen molar-refractivity contribution < 1.29 is 9.47 Å². The summed E-state index contributed by atoms with van der Waals surface area (Å²) in [5, 5.41) is 0. The molecule has 0 N–H and O–H groups in total. The second-order valence-corrected chi connectivity index (χ2v) is 6.77. The molecule has 0 bridgehead atoms. The van der Waals surface area contributed by atoms with Crippen LogP contribution in [0.3, 0.4) is 0 Å². The van der Waals surface area contributed by atoms with Crippen LogP contribution in [-0.4, -0.2) is 0 Å². The Morgan fingerprint density at radius 1 is 0.542 bits per heavy atom. The van der Waals surface area contributed by atoms with Gasteiger partial charge in [0.15, 0.2) is 0 Å². The molecule has 0 aliphatic carbocycles. The number of hydrogen-bond acceptors (Lipinski definition) is 2. The number of benzene rings is 2. The molecule has 24 heavy (non-hydrogen) atoms. The van der Waals surface area contributed by atoms with Gasteiger partial charge in [0, 0.05) is 0 Å². The minimum absolute atomic E-state index is 0.782. The number of aryl methyl sites for hydroxylation is 6. The van der Waals surface area contributed by atoms with Gasteiger partial charge in [-0.2, -0.15) is 0 Å². The Balaban J connectivity index is 2.30. The van der Waals surface area contributed by atoms with Crippen LogP contribution in [0.2, 0.25) is 0 Å². The van der Waals surface area contributed by atoms with Crippen LogP contribution in [0.1, 0.15) is 47.2 Å². The molecule has 2 nitrogen and oxygen atoms in total. The molecule has 0 aromatic heterocycles. The highest BCUT2D eigenvalue weighted by atomic mass is 16.5. The molecule has 0 spiro atoms. The molecule has 0 atom stereocenters. The van der Waals surface area contributed by atoms with Gasteiger partial charge in [-0.1, -0.05) is 35.4 Å². The van der Waals surface area contributed by atoms with Crippen LogP contribution in [0.4, 0.5) is 0 Å². The molecule has 0 saturated carbocycles. The van der Waals surface area contributed by atoms with E-state index in [-0.39, 0.29) is 0 Å². The van der Waals surface area contributed by atoms with E-state index < -0.39 is 0 Å². The quantitative estimate of drug-likeness (QED) is 0.619. The average molecular weight is 324 g/mol. The van der Waals surface area contributed by atoms with Gasteiger partial charge in [0.25, 0.3) is 0 Å². The minimum Gasteiger partial charge on any atom is -0.458 e. The van der Waals surface area contributed by atoms with Gasteiger partial charge in [-0.15, -0.1) is 0 Å². The molecule has 0 unspecified atom stereocenters. The summed E-state index contributed by atoms with van der Waals surface area (Å²) in [5.74, 6) is 3.39. The second-order valence-electron chi connectivity index (χ2n) is 6.77. The van der Waals surface area contributed by atoms with Gasteiger partial charge < -0.3 is 9.47 Å². The molecule has 0 heterocycles. The average Bonchev–Trinajstić information content (AvgIpc) is 2.46. The van der Waals surface area contributed by atoms with Gasteiger partial charge in [-0.05, 0) is 77.6 Å². The molecule has 128 valence electrons. The molecule has 0 saturated heterocycles. The van der Waals surface area contributed by atoms with E-state index in [1.165, 1.54) is 11.1 Å². The molecule has 2 heteroatoms. The fraction of sp³-hybridized carbons (Fsp3) is 0.364. The lowest BCUT2D eigenvalue weighted by atomic mass is 10.1. The normalized spacial score (nSPS) is 12.0. The molecule has 2 aromatic carbocycles. The Kier molecular flexibility index (Phi) is 5.38. The zero-order chi connectivity index (χ0) is 18.0. The standard InChI is InChI=1S/C22H28O2/c1-13-9-15(3)21(16(4)10-13)23-19(7)20(8)24-22-17(5)11-14(2)12-18(22)6/h9-12H,1-8H3. The molecule has 0 fully saturated rings. The first kappa shape index (κ1) is 18.1. The summed E-state index contributed by atoms with van der Waals surface area (Å²) in [5.41, 5.74) is 7.06. The predicted molar refractivity (Wildman–Crippen MR) is 101 cm³/mol. The van der Waals surface area contributed by atoms with E-state index in [4.69, 9.17) is 9.47 Å². The summed E-state index contributed by atoms with van der Waals surface area (Å²) in [6.07, 6.45) is 0. The van der Waals surface area contributed by atoms with Crippen molar-refractivity contribution in [3.8, 4) is 11.5 Å². The zero-order valence-electron chi connectivity index (χ0n) is 16.1. The van der Waals surface area contributed by atoms with E-state index in [0.29, 0.717) is 0 Å². The third-order valence-corrected chi connectivity index (χ3v) is 4.22. The lowest BCUT2D eigenvalue weighted by molar-refractivity contribution is 0.344. The van der Waals surface area contributed by atoms with Crippen LogP contribution < -0.4 is 9.47 Å². The van der Waals surface area contributed by atoms with Crippen LogP contribution >= 0.6 is 0 Å². The first-order valence-electron chi connectivity index (χ1n) is 8.38. The summed E-state index contributed by atoms with van der Waals surface area (Å²) in [6.45, 7) is 16.4. The maximum absolute atomic E-state index is 6.12. The predicted octanol–water partition coefficient (Wildman–Crippen LogP) is 6.25. The Morgan fingerprint density at radius 2 is 0.792 bits per heavy atom. The Hall–Kier alpha value is -2.22. The lowest BCUT2D eigenvalue weighted by Gasteiger charge is -2.17. The van der Waals surface area contributed by atoms with Gasteiger partial charge in [-0.25, -0.2) is 0 Å². The maximum atomic E-state index is 6.12. The van der Waals surface area contributed by atoms with Crippen LogP contribution in [0.25, 0.3) is 0 Å². The van der Waals surface area contributed by atoms with Crippen LogP contribution in [-0.2, 0) is 0 Å². The highest BCUT2D eigenvalue weighted by molar-refractivity contribution is 5.45. The van der Waals surface area contributed by atoms with Crippen molar-refractivity contribution in [2.24, 2.45) is 0 Å². The van der Waals surface area contributed by atoms with E-state index in [2.05, 4.69) is 65.8 Å². The number of ether oxygens (including phenoxy) is 2. The molecule has 0 aliphatic heterocycles. The van der Waals surface area contributed by atoms with Crippen molar-refractivity contribution in [1.82, 2.24) is 0 Å². The van der Waals surface area contributed by atoms with E-state index in [1.807, 2.05) is 13.8 Å². The Labute approximate surface area is 146 Å². The van der Waals surface area contributed by atoms with Gasteiger partial charge in [0.1, 0.15) is 23.0 Å². The highest BCUT2D eigenvalue weighted by Gasteiger charge is 2.11. The Bertz CT molecular complexity index is 684. The van der Waals surface area contributed by atoms with Crippen molar-refractivity contribution in [2.45, 2.75) is 55.4 Å². The summed E-state index contributed by atoms with van der Waals surface area (Å²) in [6, 6.07) is 8.56. The van der Waals surface area contributed by atoms with Crippen LogP contribution in [0.5, 0.6) is 11.5 Å². The summed E-state index contributed by atoms with van der Waals surface area (Å²) >= 11 is 0. The molecule has 0 aliphatic rings. The second kappa shape index (κ2) is 7.12. The highest BCUT2D eigenvalue weighted by Crippen LogP contribution is 2.29. The first-order chi connectivity index (χ1) is 11.2. The monoisotopic (exact) mass is 324 g/mol. The summed E-state index contributed by atoms with van der Waals surface area (Å²) in [4.78, 5) is 0. The number of rotatable bonds is 4. The van der Waals surface area contributed by atoms with E-state index in [1.54, 1.807) is 0 Å². The van der Waals surface area contributed by atoms with Crippen molar-refractivity contribution in [3.05, 3.63) is 69.2 Å². The fourth-order valence-electron chi connectivity index (χ4n) is 3.11. The number of hydrogen-bond donors (Lipinski definition) is 0. The number of allylic oxidation sites excluding steroid dienone is 2. The van der Waals surface area contributed by atoms with Gasteiger partial charge in [0.05, 0.1) is 0 Å². The topological polar surface area (TPSA) is 18.5 Å². The largest absolute Gasteiger partial charge is 0.458 e. The van der Waals surface area contributed by atoms with Crippen LogP contribution in [0, 0.1) is 41.5 Å². The SMILES string of the molecule is CC(Oc1c(C)cc(C)cc1C)=C(C)Oc1c(C)cc(C)cc1C. The van der Waals surface area contributed by atoms with Crippen molar-refractivity contribution in [3.63, 3.8) is 0 Å². The third-order valence-electron chi connectivity index (χ3n) is 4.22. The van der Waals surface area contributed by atoms with Crippen molar-refractivity contribution in [1.29, 1.82) is 0 Å². The van der Waals surface area contributed by atoms with Gasteiger partial charge in [0.2, 0.25) is 0 Å². The maximum Gasteiger partial charge on any atom is 0.139 e. The zero-order valence-corrected chi connectivity index (χ0v) is 16.1. The van der Waals surface area contributed by atoms with E-state index >= 15 is 0 Å². The van der Waals surface area contributed by atoms with E-state index in [0.717, 1.165) is 45.3 Å². The van der Waals surface area contributed by atoms with Crippen LogP contribution in [0.15, 0.2) is 35.8 Å². The Morgan fingerprint density at radius 3 is 1.04 bits per heavy atom. The molecule has 0 amide bonds. The fourth-order valence-corrected chi connectivity index (χ4v) is 3.11. The van der Waals surface area contributed by atoms with Crippen molar-refractivity contribution in [2.75, 3.05) is 0 Å². The summed E-state index contributed by atoms with van der Waals surface area (Å²) in [7, 11) is 0. The lowest BCUT2D eigenvalue weighted by Crippen LogP contribution is -2.04. The minimum atomic E-state index is 0.782. The molecule has 0 radical (unpaired) electrons.